The van der Waals surface area contributed by atoms with E-state index in [1.54, 1.807) is 12.1 Å². The Labute approximate surface area is 136 Å². The lowest BCUT2D eigenvalue weighted by Gasteiger charge is -2.14. The number of para-hydroxylation sites is 1. The van der Waals surface area contributed by atoms with Crippen LogP contribution in [0.4, 0.5) is 5.69 Å². The summed E-state index contributed by atoms with van der Waals surface area (Å²) in [6.45, 7) is 0. The fourth-order valence-corrected chi connectivity index (χ4v) is 5.02. The zero-order valence-corrected chi connectivity index (χ0v) is 14.9. The van der Waals surface area contributed by atoms with Gasteiger partial charge >= 0.3 is 0 Å². The number of hydrogen-bond acceptors (Lipinski definition) is 8. The number of aromatic nitrogens is 2. The second-order valence-electron chi connectivity index (χ2n) is 4.10. The average molecular weight is 363 g/mol. The summed E-state index contributed by atoms with van der Waals surface area (Å²) in [5, 5.41) is 8.05. The summed E-state index contributed by atoms with van der Waals surface area (Å²) in [6.07, 6.45) is 1.92. The van der Waals surface area contributed by atoms with Crippen LogP contribution in [0.1, 0.15) is 0 Å². The Morgan fingerprint density at radius 3 is 2.48 bits per heavy atom. The standard InChI is InChI=1S/C11H14N4O2S4/c1-15(2)21(16,17)8-6-4-5-7(9(8)12)19-11-14-13-10(18-3)20-11/h4-6H,12H2,1-3H3. The van der Waals surface area contributed by atoms with E-state index in [0.29, 0.717) is 4.90 Å². The summed E-state index contributed by atoms with van der Waals surface area (Å²) in [6, 6.07) is 4.95. The molecule has 0 bridgehead atoms. The van der Waals surface area contributed by atoms with Gasteiger partial charge in [-0.25, -0.2) is 12.7 Å². The molecule has 6 nitrogen and oxygen atoms in total. The van der Waals surface area contributed by atoms with Gasteiger partial charge in [-0.05, 0) is 18.4 Å². The molecule has 2 rings (SSSR count). The molecule has 0 saturated carbocycles. The van der Waals surface area contributed by atoms with Crippen LogP contribution < -0.4 is 5.73 Å². The van der Waals surface area contributed by atoms with Gasteiger partial charge in [-0.3, -0.25) is 0 Å². The minimum Gasteiger partial charge on any atom is -0.397 e. The van der Waals surface area contributed by atoms with Gasteiger partial charge in [-0.15, -0.1) is 10.2 Å². The molecular formula is C11H14N4O2S4. The number of rotatable bonds is 5. The van der Waals surface area contributed by atoms with Crippen molar-refractivity contribution in [3.63, 3.8) is 0 Å². The Balaban J connectivity index is 2.38. The van der Waals surface area contributed by atoms with E-state index in [4.69, 9.17) is 5.73 Å². The molecule has 0 spiro atoms. The average Bonchev–Trinajstić information content (AvgIpc) is 2.88. The minimum absolute atomic E-state index is 0.104. The number of nitrogens with zero attached hydrogens (tertiary/aromatic N) is 3. The first-order chi connectivity index (χ1) is 9.86. The molecule has 1 aromatic heterocycles. The molecule has 0 fully saturated rings. The highest BCUT2D eigenvalue weighted by Gasteiger charge is 2.22. The summed E-state index contributed by atoms with van der Waals surface area (Å²) >= 11 is 4.27. The largest absolute Gasteiger partial charge is 0.397 e. The highest BCUT2D eigenvalue weighted by Crippen LogP contribution is 2.38. The fraction of sp³-hybridized carbons (Fsp3) is 0.273. The van der Waals surface area contributed by atoms with Gasteiger partial charge < -0.3 is 5.73 Å². The molecule has 114 valence electrons. The van der Waals surface area contributed by atoms with Crippen LogP contribution in [0, 0.1) is 0 Å². The monoisotopic (exact) mass is 362 g/mol. The van der Waals surface area contributed by atoms with Crippen LogP contribution in [-0.4, -0.2) is 43.3 Å². The van der Waals surface area contributed by atoms with Crippen molar-refractivity contribution >= 4 is 50.6 Å². The normalized spacial score (nSPS) is 12.0. The quantitative estimate of drug-likeness (QED) is 0.644. The van der Waals surface area contributed by atoms with E-state index in [1.807, 2.05) is 6.26 Å². The third kappa shape index (κ3) is 3.51. The molecule has 0 aliphatic carbocycles. The van der Waals surface area contributed by atoms with Crippen LogP contribution in [-0.2, 0) is 10.0 Å². The molecule has 0 saturated heterocycles. The topological polar surface area (TPSA) is 89.2 Å². The van der Waals surface area contributed by atoms with Crippen molar-refractivity contribution in [2.45, 2.75) is 18.5 Å². The lowest BCUT2D eigenvalue weighted by atomic mass is 10.3. The lowest BCUT2D eigenvalue weighted by molar-refractivity contribution is 0.521. The van der Waals surface area contributed by atoms with E-state index >= 15 is 0 Å². The second-order valence-corrected chi connectivity index (χ2v) is 9.54. The molecule has 1 heterocycles. The van der Waals surface area contributed by atoms with Crippen LogP contribution in [0.15, 0.2) is 36.7 Å². The molecule has 0 aliphatic rings. The molecule has 0 aliphatic heterocycles. The minimum atomic E-state index is -3.56. The van der Waals surface area contributed by atoms with E-state index in [1.165, 1.54) is 55.0 Å². The maximum Gasteiger partial charge on any atom is 0.244 e. The van der Waals surface area contributed by atoms with Gasteiger partial charge in [0.2, 0.25) is 10.0 Å². The van der Waals surface area contributed by atoms with Gasteiger partial charge in [0, 0.05) is 19.0 Å². The van der Waals surface area contributed by atoms with Crippen molar-refractivity contribution in [2.24, 2.45) is 0 Å². The summed E-state index contributed by atoms with van der Waals surface area (Å²) in [5.74, 6) is 0. The third-order valence-corrected chi connectivity index (χ3v) is 7.44. The number of sulfonamides is 1. The summed E-state index contributed by atoms with van der Waals surface area (Å²) in [7, 11) is -0.611. The van der Waals surface area contributed by atoms with Crippen LogP contribution in [0.2, 0.25) is 0 Å². The third-order valence-electron chi connectivity index (χ3n) is 2.54. The Bertz CT molecular complexity index is 742. The molecular weight excluding hydrogens is 348 g/mol. The molecule has 0 amide bonds. The Morgan fingerprint density at radius 1 is 1.24 bits per heavy atom. The summed E-state index contributed by atoms with van der Waals surface area (Å²) in [5.41, 5.74) is 6.25. The molecule has 2 N–H and O–H groups in total. The Morgan fingerprint density at radius 2 is 1.90 bits per heavy atom. The fourth-order valence-electron chi connectivity index (χ4n) is 1.45. The van der Waals surface area contributed by atoms with Gasteiger partial charge in [-0.1, -0.05) is 40.9 Å². The molecule has 0 unspecified atom stereocenters. The molecule has 0 atom stereocenters. The highest BCUT2D eigenvalue weighted by molar-refractivity contribution is 8.03. The van der Waals surface area contributed by atoms with Gasteiger partial charge in [0.15, 0.2) is 8.68 Å². The predicted octanol–water partition coefficient (Wildman–Crippen LogP) is 2.24. The number of nitrogen functional groups attached to an aromatic ring is 1. The van der Waals surface area contributed by atoms with Crippen molar-refractivity contribution < 1.29 is 8.42 Å². The summed E-state index contributed by atoms with van der Waals surface area (Å²) in [4.78, 5) is 0.758. The van der Waals surface area contributed by atoms with E-state index in [0.717, 1.165) is 13.0 Å². The molecule has 21 heavy (non-hydrogen) atoms. The number of hydrogen-bond donors (Lipinski definition) is 1. The first kappa shape index (κ1) is 16.6. The van der Waals surface area contributed by atoms with Crippen molar-refractivity contribution in [1.29, 1.82) is 0 Å². The van der Waals surface area contributed by atoms with Crippen molar-refractivity contribution in [3.8, 4) is 0 Å². The number of anilines is 1. The lowest BCUT2D eigenvalue weighted by Crippen LogP contribution is -2.23. The number of thioether (sulfide) groups is 1. The smallest absolute Gasteiger partial charge is 0.244 e. The van der Waals surface area contributed by atoms with E-state index < -0.39 is 10.0 Å². The van der Waals surface area contributed by atoms with Crippen LogP contribution in [0.5, 0.6) is 0 Å². The van der Waals surface area contributed by atoms with Gasteiger partial charge in [-0.2, -0.15) is 0 Å². The van der Waals surface area contributed by atoms with Crippen LogP contribution >= 0.6 is 34.9 Å². The predicted molar refractivity (Wildman–Crippen MR) is 87.5 cm³/mol. The second kappa shape index (κ2) is 6.53. The van der Waals surface area contributed by atoms with E-state index in [9.17, 15) is 8.42 Å². The van der Waals surface area contributed by atoms with Crippen molar-refractivity contribution in [3.05, 3.63) is 18.2 Å². The van der Waals surface area contributed by atoms with Crippen molar-refractivity contribution in [1.82, 2.24) is 14.5 Å². The van der Waals surface area contributed by atoms with E-state index in [2.05, 4.69) is 10.2 Å². The number of benzene rings is 1. The first-order valence-corrected chi connectivity index (χ1v) is 10.0. The van der Waals surface area contributed by atoms with Crippen LogP contribution in [0.3, 0.4) is 0 Å². The molecule has 10 heteroatoms. The molecule has 1 aromatic carbocycles. The molecule has 0 radical (unpaired) electrons. The first-order valence-electron chi connectivity index (χ1n) is 5.72. The molecule has 2 aromatic rings. The van der Waals surface area contributed by atoms with Gasteiger partial charge in [0.05, 0.1) is 5.69 Å². The highest BCUT2D eigenvalue weighted by atomic mass is 32.2. The van der Waals surface area contributed by atoms with Gasteiger partial charge in [0.25, 0.3) is 0 Å². The zero-order valence-electron chi connectivity index (χ0n) is 11.6. The summed E-state index contributed by atoms with van der Waals surface area (Å²) < 4.78 is 27.2. The Kier molecular flexibility index (Phi) is 5.15. The SMILES string of the molecule is CSc1nnc(Sc2cccc(S(=O)(=O)N(C)C)c2N)s1. The maximum absolute atomic E-state index is 12.2. The zero-order chi connectivity index (χ0) is 15.6. The van der Waals surface area contributed by atoms with Gasteiger partial charge in [0.1, 0.15) is 4.90 Å². The number of nitrogens with two attached hydrogens (primary N) is 1. The maximum atomic E-state index is 12.2. The van der Waals surface area contributed by atoms with E-state index in [-0.39, 0.29) is 10.6 Å². The Hall–Kier alpha value is -0.810. The van der Waals surface area contributed by atoms with Crippen molar-refractivity contribution in [2.75, 3.05) is 26.1 Å². The van der Waals surface area contributed by atoms with Crippen LogP contribution in [0.25, 0.3) is 0 Å².